The van der Waals surface area contributed by atoms with Crippen LogP contribution in [0.15, 0.2) is 47.4 Å². The van der Waals surface area contributed by atoms with Crippen LogP contribution < -0.4 is 4.72 Å². The van der Waals surface area contributed by atoms with Gasteiger partial charge in [-0.05, 0) is 49.1 Å². The summed E-state index contributed by atoms with van der Waals surface area (Å²) in [6.07, 6.45) is 0.931. The number of carbonyl (C=O) groups is 1. The molecule has 0 aliphatic carbocycles. The number of ether oxygens (including phenoxy) is 1. The van der Waals surface area contributed by atoms with Gasteiger partial charge in [-0.1, -0.05) is 37.3 Å². The van der Waals surface area contributed by atoms with E-state index < -0.39 is 22.0 Å². The smallest absolute Gasteiger partial charge is 0.338 e. The van der Waals surface area contributed by atoms with Gasteiger partial charge in [-0.2, -0.15) is 0 Å². The Kier molecular flexibility index (Phi) is 5.98. The van der Waals surface area contributed by atoms with Crippen molar-refractivity contribution in [1.82, 2.24) is 4.72 Å². The van der Waals surface area contributed by atoms with Gasteiger partial charge in [0, 0.05) is 6.04 Å². The number of aryl methyl sites for hydroxylation is 2. The summed E-state index contributed by atoms with van der Waals surface area (Å²) in [5, 5.41) is 0. The fraction of sp³-hybridized carbons (Fsp3) is 0.316. The molecule has 0 saturated carbocycles. The summed E-state index contributed by atoms with van der Waals surface area (Å²) in [4.78, 5) is 11.8. The van der Waals surface area contributed by atoms with Gasteiger partial charge in [-0.3, -0.25) is 0 Å². The molecule has 2 rings (SSSR count). The summed E-state index contributed by atoms with van der Waals surface area (Å²) in [6, 6.07) is 11.8. The maximum absolute atomic E-state index is 12.7. The van der Waals surface area contributed by atoms with Gasteiger partial charge in [0.2, 0.25) is 10.0 Å². The van der Waals surface area contributed by atoms with E-state index in [1.54, 1.807) is 19.9 Å². The Hall–Kier alpha value is -2.18. The van der Waals surface area contributed by atoms with E-state index in [2.05, 4.69) is 11.6 Å². The number of benzene rings is 2. The molecule has 2 aromatic carbocycles. The zero-order valence-electron chi connectivity index (χ0n) is 14.9. The van der Waals surface area contributed by atoms with Gasteiger partial charge in [0.1, 0.15) is 0 Å². The molecule has 0 spiro atoms. The molecule has 1 atom stereocenters. The topological polar surface area (TPSA) is 72.5 Å². The first kappa shape index (κ1) is 19.1. The number of rotatable bonds is 6. The number of esters is 1. The first-order valence-corrected chi connectivity index (χ1v) is 9.57. The minimum Gasteiger partial charge on any atom is -0.465 e. The summed E-state index contributed by atoms with van der Waals surface area (Å²) in [7, 11) is -2.50. The van der Waals surface area contributed by atoms with Gasteiger partial charge in [-0.15, -0.1) is 0 Å². The maximum atomic E-state index is 12.7. The lowest BCUT2D eigenvalue weighted by atomic mass is 10.1. The van der Waals surface area contributed by atoms with Gasteiger partial charge in [0.25, 0.3) is 0 Å². The third-order valence-electron chi connectivity index (χ3n) is 4.14. The van der Waals surface area contributed by atoms with Crippen molar-refractivity contribution < 1.29 is 17.9 Å². The second-order valence-corrected chi connectivity index (χ2v) is 7.62. The van der Waals surface area contributed by atoms with Gasteiger partial charge < -0.3 is 4.74 Å². The van der Waals surface area contributed by atoms with Crippen LogP contribution in [-0.4, -0.2) is 21.5 Å². The summed E-state index contributed by atoms with van der Waals surface area (Å²) in [6.45, 7) is 5.58. The molecule has 0 bridgehead atoms. The van der Waals surface area contributed by atoms with Crippen LogP contribution in [0.3, 0.4) is 0 Å². The van der Waals surface area contributed by atoms with E-state index in [0.717, 1.165) is 12.0 Å². The van der Waals surface area contributed by atoms with Crippen molar-refractivity contribution in [2.75, 3.05) is 7.11 Å². The zero-order chi connectivity index (χ0) is 18.6. The molecule has 0 aliphatic rings. The van der Waals surface area contributed by atoms with Gasteiger partial charge in [-0.25, -0.2) is 17.9 Å². The minimum absolute atomic E-state index is 0.0375. The number of sulfonamides is 1. The van der Waals surface area contributed by atoms with Crippen molar-refractivity contribution >= 4 is 16.0 Å². The standard InChI is InChI=1S/C19H23NO4S/c1-5-15-7-9-16(10-8-15)14(3)20-25(22,23)17-11-6-13(2)18(12-17)19(21)24-4/h6-12,14,20H,5H2,1-4H3/t14-/m1/s1. The molecule has 0 amide bonds. The van der Waals surface area contributed by atoms with Crippen LogP contribution >= 0.6 is 0 Å². The minimum atomic E-state index is -3.76. The molecule has 134 valence electrons. The predicted molar refractivity (Wildman–Crippen MR) is 97.1 cm³/mol. The molecule has 25 heavy (non-hydrogen) atoms. The van der Waals surface area contributed by atoms with E-state index in [4.69, 9.17) is 4.74 Å². The van der Waals surface area contributed by atoms with Gasteiger partial charge in [0.05, 0.1) is 17.6 Å². The van der Waals surface area contributed by atoms with Gasteiger partial charge in [0.15, 0.2) is 0 Å². The molecular weight excluding hydrogens is 338 g/mol. The molecule has 0 radical (unpaired) electrons. The Labute approximate surface area is 149 Å². The van der Waals surface area contributed by atoms with Gasteiger partial charge >= 0.3 is 5.97 Å². The molecule has 0 aliphatic heterocycles. The van der Waals surface area contributed by atoms with E-state index in [1.165, 1.54) is 24.8 Å². The van der Waals surface area contributed by atoms with Crippen molar-refractivity contribution in [3.63, 3.8) is 0 Å². The number of hydrogen-bond donors (Lipinski definition) is 1. The summed E-state index contributed by atoms with van der Waals surface area (Å²) in [5.74, 6) is -0.558. The number of nitrogens with one attached hydrogen (secondary N) is 1. The summed E-state index contributed by atoms with van der Waals surface area (Å²) >= 11 is 0. The Morgan fingerprint density at radius 3 is 2.36 bits per heavy atom. The first-order chi connectivity index (χ1) is 11.8. The van der Waals surface area contributed by atoms with E-state index >= 15 is 0 Å². The molecule has 0 saturated heterocycles. The second-order valence-electron chi connectivity index (χ2n) is 5.91. The molecule has 0 heterocycles. The fourth-order valence-electron chi connectivity index (χ4n) is 2.51. The monoisotopic (exact) mass is 361 g/mol. The molecule has 0 fully saturated rings. The number of hydrogen-bond acceptors (Lipinski definition) is 4. The van der Waals surface area contributed by atoms with Crippen molar-refractivity contribution in [1.29, 1.82) is 0 Å². The Balaban J connectivity index is 2.27. The molecule has 5 nitrogen and oxygen atoms in total. The average molecular weight is 361 g/mol. The van der Waals surface area contributed by atoms with E-state index in [1.807, 2.05) is 24.3 Å². The quantitative estimate of drug-likeness (QED) is 0.801. The van der Waals surface area contributed by atoms with Crippen molar-refractivity contribution in [3.05, 3.63) is 64.7 Å². The third kappa shape index (κ3) is 4.46. The molecule has 2 aromatic rings. The number of carbonyl (C=O) groups excluding carboxylic acids is 1. The zero-order valence-corrected chi connectivity index (χ0v) is 15.7. The highest BCUT2D eigenvalue weighted by Crippen LogP contribution is 2.20. The van der Waals surface area contributed by atoms with Crippen LogP contribution in [-0.2, 0) is 21.2 Å². The SMILES string of the molecule is CCc1ccc([C@@H](C)NS(=O)(=O)c2ccc(C)c(C(=O)OC)c2)cc1. The normalized spacial score (nSPS) is 12.6. The largest absolute Gasteiger partial charge is 0.465 e. The van der Waals surface area contributed by atoms with Crippen LogP contribution in [0.2, 0.25) is 0 Å². The first-order valence-electron chi connectivity index (χ1n) is 8.08. The Morgan fingerprint density at radius 2 is 1.80 bits per heavy atom. The lowest BCUT2D eigenvalue weighted by Crippen LogP contribution is -2.27. The fourth-order valence-corrected chi connectivity index (χ4v) is 3.77. The predicted octanol–water partition coefficient (Wildman–Crippen LogP) is 3.38. The number of methoxy groups -OCH3 is 1. The van der Waals surface area contributed by atoms with E-state index in [9.17, 15) is 13.2 Å². The van der Waals surface area contributed by atoms with Crippen molar-refractivity contribution in [2.45, 2.75) is 38.1 Å². The molecule has 6 heteroatoms. The lowest BCUT2D eigenvalue weighted by Gasteiger charge is -2.16. The highest BCUT2D eigenvalue weighted by Gasteiger charge is 2.21. The molecule has 1 N–H and O–H groups in total. The third-order valence-corrected chi connectivity index (χ3v) is 5.68. The van der Waals surface area contributed by atoms with Crippen molar-refractivity contribution in [2.24, 2.45) is 0 Å². The van der Waals surface area contributed by atoms with Crippen LogP contribution in [0.1, 0.15) is 46.9 Å². The molecular formula is C19H23NO4S. The highest BCUT2D eigenvalue weighted by molar-refractivity contribution is 7.89. The Bertz CT molecular complexity index is 857. The second kappa shape index (κ2) is 7.80. The summed E-state index contributed by atoms with van der Waals surface area (Å²) in [5.41, 5.74) is 2.97. The average Bonchev–Trinajstić information content (AvgIpc) is 2.61. The Morgan fingerprint density at radius 1 is 1.16 bits per heavy atom. The van der Waals surface area contributed by atoms with E-state index in [-0.39, 0.29) is 10.5 Å². The lowest BCUT2D eigenvalue weighted by molar-refractivity contribution is 0.0599. The molecule has 0 aromatic heterocycles. The highest BCUT2D eigenvalue weighted by atomic mass is 32.2. The van der Waals surface area contributed by atoms with E-state index in [0.29, 0.717) is 5.56 Å². The summed E-state index contributed by atoms with van der Waals surface area (Å²) < 4.78 is 32.7. The molecule has 0 unspecified atom stereocenters. The maximum Gasteiger partial charge on any atom is 0.338 e. The van der Waals surface area contributed by atoms with Crippen molar-refractivity contribution in [3.8, 4) is 0 Å². The van der Waals surface area contributed by atoms with Crippen LogP contribution in [0.25, 0.3) is 0 Å². The van der Waals surface area contributed by atoms with Crippen LogP contribution in [0.4, 0.5) is 0 Å². The van der Waals surface area contributed by atoms with Crippen LogP contribution in [0.5, 0.6) is 0 Å². The van der Waals surface area contributed by atoms with Crippen LogP contribution in [0, 0.1) is 6.92 Å².